The normalized spacial score (nSPS) is 10.8. The second-order valence-corrected chi connectivity index (χ2v) is 6.35. The van der Waals surface area contributed by atoms with Crippen LogP contribution in [-0.4, -0.2) is 31.1 Å². The molecule has 4 rings (SSSR count). The molecular formula is C19H16N6S. The van der Waals surface area contributed by atoms with Gasteiger partial charge in [-0.05, 0) is 12.3 Å². The first-order valence-electron chi connectivity index (χ1n) is 8.01. The zero-order valence-electron chi connectivity index (χ0n) is 14.1. The van der Waals surface area contributed by atoms with Crippen molar-refractivity contribution in [1.29, 1.82) is 0 Å². The minimum Gasteiger partial charge on any atom is -0.335 e. The summed E-state index contributed by atoms with van der Waals surface area (Å²) in [5.41, 5.74) is 3.62. The van der Waals surface area contributed by atoms with Gasteiger partial charge in [0.25, 0.3) is 0 Å². The van der Waals surface area contributed by atoms with Gasteiger partial charge >= 0.3 is 0 Å². The highest BCUT2D eigenvalue weighted by atomic mass is 32.2. The maximum absolute atomic E-state index is 6.11. The van der Waals surface area contributed by atoms with Crippen LogP contribution in [0.2, 0.25) is 0 Å². The van der Waals surface area contributed by atoms with E-state index in [4.69, 9.17) is 5.84 Å². The van der Waals surface area contributed by atoms with Gasteiger partial charge in [-0.15, -0.1) is 10.2 Å². The fraction of sp³-hybridized carbons (Fsp3) is 0.0526. The number of aromatic nitrogens is 5. The quantitative estimate of drug-likeness (QED) is 0.443. The highest BCUT2D eigenvalue weighted by Gasteiger charge is 2.17. The summed E-state index contributed by atoms with van der Waals surface area (Å²) in [5.74, 6) is 6.99. The standard InChI is InChI=1S/C19H16N6S/c1-26-19-24-23-18(25(19)20)17-21-15(13-8-4-2-5-9-13)12-16(22-17)14-10-6-3-7-11-14/h2-12H,20H2,1H3. The van der Waals surface area contributed by atoms with Crippen LogP contribution in [0.1, 0.15) is 0 Å². The summed E-state index contributed by atoms with van der Waals surface area (Å²) in [6.07, 6.45) is 1.90. The van der Waals surface area contributed by atoms with Crippen molar-refractivity contribution in [3.05, 3.63) is 66.7 Å². The van der Waals surface area contributed by atoms with Crippen molar-refractivity contribution in [2.75, 3.05) is 12.1 Å². The Morgan fingerprint density at radius 3 is 1.81 bits per heavy atom. The van der Waals surface area contributed by atoms with Crippen LogP contribution in [-0.2, 0) is 0 Å². The minimum absolute atomic E-state index is 0.435. The molecule has 2 aromatic carbocycles. The Bertz CT molecular complexity index is 973. The number of hydrogen-bond acceptors (Lipinski definition) is 6. The van der Waals surface area contributed by atoms with E-state index in [1.807, 2.05) is 73.0 Å². The maximum atomic E-state index is 6.11. The zero-order chi connectivity index (χ0) is 17.9. The number of rotatable bonds is 4. The van der Waals surface area contributed by atoms with Gasteiger partial charge in [-0.1, -0.05) is 72.4 Å². The maximum Gasteiger partial charge on any atom is 0.221 e. The Kier molecular flexibility index (Phi) is 4.37. The lowest BCUT2D eigenvalue weighted by Gasteiger charge is -2.08. The molecule has 0 fully saturated rings. The molecule has 0 amide bonds. The molecule has 26 heavy (non-hydrogen) atoms. The Morgan fingerprint density at radius 2 is 1.35 bits per heavy atom. The number of nitrogen functional groups attached to an aromatic ring is 1. The largest absolute Gasteiger partial charge is 0.335 e. The fourth-order valence-corrected chi connectivity index (χ4v) is 3.04. The fourth-order valence-electron chi connectivity index (χ4n) is 2.63. The number of benzene rings is 2. The summed E-state index contributed by atoms with van der Waals surface area (Å²) >= 11 is 1.42. The van der Waals surface area contributed by atoms with Crippen molar-refractivity contribution in [3.63, 3.8) is 0 Å². The smallest absolute Gasteiger partial charge is 0.221 e. The van der Waals surface area contributed by atoms with E-state index in [0.29, 0.717) is 16.8 Å². The van der Waals surface area contributed by atoms with E-state index in [9.17, 15) is 0 Å². The minimum atomic E-state index is 0.435. The van der Waals surface area contributed by atoms with Gasteiger partial charge < -0.3 is 5.84 Å². The lowest BCUT2D eigenvalue weighted by Crippen LogP contribution is -2.12. The van der Waals surface area contributed by atoms with Gasteiger partial charge in [0.05, 0.1) is 11.4 Å². The highest BCUT2D eigenvalue weighted by molar-refractivity contribution is 7.98. The van der Waals surface area contributed by atoms with Crippen LogP contribution < -0.4 is 5.84 Å². The molecule has 7 heteroatoms. The van der Waals surface area contributed by atoms with Crippen LogP contribution in [0, 0.1) is 0 Å². The van der Waals surface area contributed by atoms with Crippen LogP contribution in [0.5, 0.6) is 0 Å². The van der Waals surface area contributed by atoms with Crippen molar-refractivity contribution >= 4 is 11.8 Å². The second-order valence-electron chi connectivity index (χ2n) is 5.57. The van der Waals surface area contributed by atoms with Gasteiger partial charge in [-0.3, -0.25) is 0 Å². The van der Waals surface area contributed by atoms with Crippen LogP contribution in [0.15, 0.2) is 71.9 Å². The molecule has 4 aromatic rings. The van der Waals surface area contributed by atoms with E-state index in [1.54, 1.807) is 0 Å². The lowest BCUT2D eigenvalue weighted by atomic mass is 10.1. The second kappa shape index (κ2) is 6.97. The van der Waals surface area contributed by atoms with Crippen LogP contribution >= 0.6 is 11.8 Å². The van der Waals surface area contributed by atoms with Gasteiger partial charge in [-0.25, -0.2) is 14.6 Å². The first-order chi connectivity index (χ1) is 12.8. The molecule has 0 aliphatic heterocycles. The topological polar surface area (TPSA) is 82.5 Å². The summed E-state index contributed by atoms with van der Waals surface area (Å²) in [6.45, 7) is 0. The summed E-state index contributed by atoms with van der Waals surface area (Å²) < 4.78 is 1.42. The first kappa shape index (κ1) is 16.3. The van der Waals surface area contributed by atoms with Crippen molar-refractivity contribution in [2.24, 2.45) is 0 Å². The molecule has 0 saturated heterocycles. The van der Waals surface area contributed by atoms with Gasteiger partial charge in [0.1, 0.15) is 0 Å². The highest BCUT2D eigenvalue weighted by Crippen LogP contribution is 2.27. The predicted octanol–water partition coefficient (Wildman–Crippen LogP) is 3.50. The molecule has 0 unspecified atom stereocenters. The first-order valence-corrected chi connectivity index (χ1v) is 9.23. The molecule has 0 spiro atoms. The summed E-state index contributed by atoms with van der Waals surface area (Å²) in [4.78, 5) is 9.37. The van der Waals surface area contributed by atoms with E-state index in [0.717, 1.165) is 22.5 Å². The van der Waals surface area contributed by atoms with Gasteiger partial charge in [-0.2, -0.15) is 0 Å². The van der Waals surface area contributed by atoms with Crippen molar-refractivity contribution < 1.29 is 0 Å². The molecule has 0 bridgehead atoms. The van der Waals surface area contributed by atoms with E-state index >= 15 is 0 Å². The van der Waals surface area contributed by atoms with E-state index < -0.39 is 0 Å². The van der Waals surface area contributed by atoms with Crippen molar-refractivity contribution in [3.8, 4) is 34.2 Å². The van der Waals surface area contributed by atoms with E-state index in [-0.39, 0.29) is 0 Å². The van der Waals surface area contributed by atoms with Crippen LogP contribution in [0.25, 0.3) is 34.2 Å². The monoisotopic (exact) mass is 360 g/mol. The van der Waals surface area contributed by atoms with Gasteiger partial charge in [0.15, 0.2) is 0 Å². The molecule has 128 valence electrons. The Morgan fingerprint density at radius 1 is 0.808 bits per heavy atom. The summed E-state index contributed by atoms with van der Waals surface area (Å²) in [5, 5.41) is 8.86. The molecule has 0 atom stereocenters. The Balaban J connectivity index is 1.92. The third-order valence-electron chi connectivity index (χ3n) is 3.91. The molecule has 6 nitrogen and oxygen atoms in total. The van der Waals surface area contributed by atoms with Crippen molar-refractivity contribution in [1.82, 2.24) is 24.8 Å². The average Bonchev–Trinajstić information content (AvgIpc) is 3.09. The Hall–Kier alpha value is -3.19. The van der Waals surface area contributed by atoms with E-state index in [2.05, 4.69) is 20.2 Å². The molecule has 2 N–H and O–H groups in total. The van der Waals surface area contributed by atoms with Gasteiger partial charge in [0.2, 0.25) is 16.8 Å². The summed E-state index contributed by atoms with van der Waals surface area (Å²) in [6, 6.07) is 21.9. The van der Waals surface area contributed by atoms with E-state index in [1.165, 1.54) is 16.4 Å². The average molecular weight is 360 g/mol. The third kappa shape index (κ3) is 3.04. The third-order valence-corrected chi connectivity index (χ3v) is 4.56. The SMILES string of the molecule is CSc1nnc(-c2nc(-c3ccccc3)cc(-c3ccccc3)n2)n1N. The number of hydrogen-bond donors (Lipinski definition) is 1. The van der Waals surface area contributed by atoms with Crippen LogP contribution in [0.4, 0.5) is 0 Å². The molecule has 0 radical (unpaired) electrons. The predicted molar refractivity (Wildman–Crippen MR) is 104 cm³/mol. The van der Waals surface area contributed by atoms with Crippen LogP contribution in [0.3, 0.4) is 0 Å². The summed E-state index contributed by atoms with van der Waals surface area (Å²) in [7, 11) is 0. The Labute approximate surface area is 155 Å². The van der Waals surface area contributed by atoms with Gasteiger partial charge in [0, 0.05) is 11.1 Å². The molecule has 0 aliphatic rings. The zero-order valence-corrected chi connectivity index (χ0v) is 14.9. The molecule has 0 saturated carbocycles. The molecule has 0 aliphatic carbocycles. The molecule has 2 aromatic heterocycles. The van der Waals surface area contributed by atoms with Crippen molar-refractivity contribution in [2.45, 2.75) is 5.16 Å². The molecule has 2 heterocycles. The molecular weight excluding hydrogens is 344 g/mol. The lowest BCUT2D eigenvalue weighted by molar-refractivity contribution is 0.848. The number of thioether (sulfide) groups is 1. The number of nitrogens with two attached hydrogens (primary N) is 1. The number of nitrogens with zero attached hydrogens (tertiary/aromatic N) is 5.